The van der Waals surface area contributed by atoms with Crippen LogP contribution >= 0.6 is 0 Å². The van der Waals surface area contributed by atoms with E-state index in [9.17, 15) is 4.79 Å². The van der Waals surface area contributed by atoms with Crippen LogP contribution in [0, 0.1) is 11.3 Å². The zero-order chi connectivity index (χ0) is 18.0. The summed E-state index contributed by atoms with van der Waals surface area (Å²) in [5, 5.41) is 3.15. The lowest BCUT2D eigenvalue weighted by molar-refractivity contribution is -0.128. The number of rotatable bonds is 5. The number of nitrogens with one attached hydrogen (secondary N) is 1. The van der Waals surface area contributed by atoms with Crippen molar-refractivity contribution < 1.29 is 4.79 Å². The molecule has 1 amide bonds. The molecule has 1 spiro atoms. The molecule has 6 heteroatoms. The number of aromatic nitrogens is 3. The molecule has 2 fully saturated rings. The Kier molecular flexibility index (Phi) is 4.76. The van der Waals surface area contributed by atoms with Crippen LogP contribution in [0.15, 0.2) is 37.1 Å². The maximum Gasteiger partial charge on any atom is 0.223 e. The van der Waals surface area contributed by atoms with Crippen molar-refractivity contribution in [2.24, 2.45) is 18.4 Å². The third-order valence-corrected chi connectivity index (χ3v) is 6.18. The number of likely N-dealkylation sites (tertiary alicyclic amines) is 1. The molecular formula is C20H27N5O. The van der Waals surface area contributed by atoms with Gasteiger partial charge in [0.2, 0.25) is 5.91 Å². The number of carbonyl (C=O) groups excluding carboxylic acids is 1. The lowest BCUT2D eigenvalue weighted by Gasteiger charge is -2.30. The fourth-order valence-electron chi connectivity index (χ4n) is 4.74. The van der Waals surface area contributed by atoms with Crippen molar-refractivity contribution in [1.29, 1.82) is 0 Å². The zero-order valence-electron chi connectivity index (χ0n) is 15.4. The number of pyridine rings is 1. The Morgan fingerprint density at radius 1 is 1.35 bits per heavy atom. The summed E-state index contributed by atoms with van der Waals surface area (Å²) in [5.74, 6) is 0.351. The molecule has 1 saturated heterocycles. The van der Waals surface area contributed by atoms with Gasteiger partial charge in [-0.15, -0.1) is 0 Å². The minimum atomic E-state index is 0.135. The van der Waals surface area contributed by atoms with Crippen molar-refractivity contribution in [2.75, 3.05) is 13.1 Å². The van der Waals surface area contributed by atoms with Crippen LogP contribution in [-0.4, -0.2) is 38.4 Å². The Bertz CT molecular complexity index is 759. The average molecular weight is 353 g/mol. The summed E-state index contributed by atoms with van der Waals surface area (Å²) < 4.78 is 2.08. The van der Waals surface area contributed by atoms with Gasteiger partial charge in [-0.3, -0.25) is 14.7 Å². The molecule has 6 nitrogen and oxygen atoms in total. The van der Waals surface area contributed by atoms with Crippen LogP contribution in [0.5, 0.6) is 0 Å². The number of carbonyl (C=O) groups is 1. The van der Waals surface area contributed by atoms with Crippen LogP contribution in [0.25, 0.3) is 0 Å². The monoisotopic (exact) mass is 353 g/mol. The molecule has 1 N–H and O–H groups in total. The van der Waals surface area contributed by atoms with Gasteiger partial charge in [-0.25, -0.2) is 4.98 Å². The van der Waals surface area contributed by atoms with Gasteiger partial charge >= 0.3 is 0 Å². The number of amides is 1. The largest absolute Gasteiger partial charge is 0.352 e. The number of hydrogen-bond donors (Lipinski definition) is 1. The zero-order valence-corrected chi connectivity index (χ0v) is 15.4. The summed E-state index contributed by atoms with van der Waals surface area (Å²) in [6.07, 6.45) is 11.8. The van der Waals surface area contributed by atoms with Gasteiger partial charge in [-0.2, -0.15) is 0 Å². The SMILES string of the molecule is Cn1cncc1CN1CCC2(CCCC2C(=O)NCc2cccnc2)C1. The van der Waals surface area contributed by atoms with Crippen molar-refractivity contribution in [3.8, 4) is 0 Å². The maximum absolute atomic E-state index is 12.9. The highest BCUT2D eigenvalue weighted by atomic mass is 16.1. The Balaban J connectivity index is 1.38. The molecular weight excluding hydrogens is 326 g/mol. The summed E-state index contributed by atoms with van der Waals surface area (Å²) in [5.41, 5.74) is 2.44. The van der Waals surface area contributed by atoms with Crippen LogP contribution in [-0.2, 0) is 24.9 Å². The average Bonchev–Trinajstić information content (AvgIpc) is 3.37. The van der Waals surface area contributed by atoms with E-state index >= 15 is 0 Å². The van der Waals surface area contributed by atoms with Gasteiger partial charge in [0, 0.05) is 51.2 Å². The predicted molar refractivity (Wildman–Crippen MR) is 99.0 cm³/mol. The first kappa shape index (κ1) is 17.2. The van der Waals surface area contributed by atoms with Gasteiger partial charge in [0.05, 0.1) is 12.0 Å². The van der Waals surface area contributed by atoms with E-state index in [0.29, 0.717) is 6.54 Å². The summed E-state index contributed by atoms with van der Waals surface area (Å²) in [6.45, 7) is 3.57. The molecule has 26 heavy (non-hydrogen) atoms. The first-order valence-electron chi connectivity index (χ1n) is 9.50. The summed E-state index contributed by atoms with van der Waals surface area (Å²) in [7, 11) is 2.04. The lowest BCUT2D eigenvalue weighted by Crippen LogP contribution is -2.40. The molecule has 2 atom stereocenters. The highest BCUT2D eigenvalue weighted by Crippen LogP contribution is 2.50. The Hall–Kier alpha value is -2.21. The molecule has 1 saturated carbocycles. The summed E-state index contributed by atoms with van der Waals surface area (Å²) in [6, 6.07) is 3.91. The van der Waals surface area contributed by atoms with Crippen molar-refractivity contribution >= 4 is 5.91 Å². The number of imidazole rings is 1. The normalized spacial score (nSPS) is 25.8. The molecule has 2 aromatic rings. The molecule has 1 aliphatic carbocycles. The van der Waals surface area contributed by atoms with Gasteiger partial charge in [0.1, 0.15) is 0 Å². The second-order valence-electron chi connectivity index (χ2n) is 7.84. The van der Waals surface area contributed by atoms with Crippen molar-refractivity contribution in [1.82, 2.24) is 24.8 Å². The molecule has 0 radical (unpaired) electrons. The van der Waals surface area contributed by atoms with Gasteiger partial charge in [0.25, 0.3) is 0 Å². The number of nitrogens with zero attached hydrogens (tertiary/aromatic N) is 4. The van der Waals surface area contributed by atoms with Crippen LogP contribution in [0.1, 0.15) is 36.9 Å². The topological polar surface area (TPSA) is 63.1 Å². The highest BCUT2D eigenvalue weighted by molar-refractivity contribution is 5.80. The quantitative estimate of drug-likeness (QED) is 0.894. The minimum absolute atomic E-state index is 0.135. The van der Waals surface area contributed by atoms with E-state index in [4.69, 9.17) is 0 Å². The van der Waals surface area contributed by atoms with Gasteiger partial charge in [0.15, 0.2) is 0 Å². The van der Waals surface area contributed by atoms with Crippen molar-refractivity contribution in [3.63, 3.8) is 0 Å². The van der Waals surface area contributed by atoms with Crippen LogP contribution in [0.4, 0.5) is 0 Å². The molecule has 0 bridgehead atoms. The minimum Gasteiger partial charge on any atom is -0.352 e. The van der Waals surface area contributed by atoms with Gasteiger partial charge in [-0.1, -0.05) is 12.5 Å². The molecule has 138 valence electrons. The first-order chi connectivity index (χ1) is 12.7. The second kappa shape index (κ2) is 7.19. The molecule has 3 heterocycles. The predicted octanol–water partition coefficient (Wildman–Crippen LogP) is 2.12. The van der Waals surface area contributed by atoms with E-state index in [1.807, 2.05) is 37.9 Å². The number of aryl methyl sites for hydroxylation is 1. The maximum atomic E-state index is 12.9. The molecule has 2 aromatic heterocycles. The Morgan fingerprint density at radius 2 is 2.27 bits per heavy atom. The third-order valence-electron chi connectivity index (χ3n) is 6.18. The van der Waals surface area contributed by atoms with Gasteiger partial charge in [-0.05, 0) is 42.9 Å². The number of hydrogen-bond acceptors (Lipinski definition) is 4. The van der Waals surface area contributed by atoms with E-state index in [1.165, 1.54) is 12.1 Å². The molecule has 0 aromatic carbocycles. The van der Waals surface area contributed by atoms with Crippen LogP contribution < -0.4 is 5.32 Å². The lowest BCUT2D eigenvalue weighted by atomic mass is 9.76. The van der Waals surface area contributed by atoms with Gasteiger partial charge < -0.3 is 9.88 Å². The standard InChI is InChI=1S/C20H27N5O/c1-24-15-22-12-17(24)13-25-9-7-20(14-25)6-2-5-18(20)19(26)23-11-16-4-3-8-21-10-16/h3-4,8,10,12,15,18H,2,5-7,9,11,13-14H2,1H3,(H,23,26). The summed E-state index contributed by atoms with van der Waals surface area (Å²) in [4.78, 5) is 23.7. The summed E-state index contributed by atoms with van der Waals surface area (Å²) >= 11 is 0. The third kappa shape index (κ3) is 3.38. The molecule has 1 aliphatic heterocycles. The highest BCUT2D eigenvalue weighted by Gasteiger charge is 2.50. The molecule has 2 unspecified atom stereocenters. The van der Waals surface area contributed by atoms with Crippen LogP contribution in [0.2, 0.25) is 0 Å². The van der Waals surface area contributed by atoms with Crippen LogP contribution in [0.3, 0.4) is 0 Å². The van der Waals surface area contributed by atoms with E-state index in [0.717, 1.165) is 44.5 Å². The van der Waals surface area contributed by atoms with E-state index < -0.39 is 0 Å². The molecule has 2 aliphatic rings. The van der Waals surface area contributed by atoms with Crippen molar-refractivity contribution in [2.45, 2.75) is 38.8 Å². The molecule has 4 rings (SSSR count). The Morgan fingerprint density at radius 3 is 3.04 bits per heavy atom. The first-order valence-corrected chi connectivity index (χ1v) is 9.50. The van der Waals surface area contributed by atoms with E-state index in [2.05, 4.69) is 24.8 Å². The Labute approximate surface area is 154 Å². The van der Waals surface area contributed by atoms with Crippen molar-refractivity contribution in [3.05, 3.63) is 48.3 Å². The van der Waals surface area contributed by atoms with E-state index in [-0.39, 0.29) is 17.2 Å². The fourth-order valence-corrected chi connectivity index (χ4v) is 4.74. The van der Waals surface area contributed by atoms with E-state index in [1.54, 1.807) is 6.20 Å². The fraction of sp³-hybridized carbons (Fsp3) is 0.550. The smallest absolute Gasteiger partial charge is 0.223 e. The second-order valence-corrected chi connectivity index (χ2v) is 7.84.